The molecule has 1 aliphatic heterocycles. The van der Waals surface area contributed by atoms with Gasteiger partial charge in [0, 0.05) is 13.1 Å². The predicted molar refractivity (Wildman–Crippen MR) is 67.0 cm³/mol. The third kappa shape index (κ3) is 3.87. The number of rotatable bonds is 5. The normalized spacial score (nSPS) is 20.1. The Morgan fingerprint density at radius 3 is 2.59 bits per heavy atom. The average Bonchev–Trinajstić information content (AvgIpc) is 2.55. The molecule has 0 aliphatic carbocycles. The van der Waals surface area contributed by atoms with Crippen molar-refractivity contribution in [3.63, 3.8) is 0 Å². The molecule has 98 valence electrons. The number of unbranched alkanes of at least 4 members (excludes halogenated alkanes) is 1. The van der Waals surface area contributed by atoms with Crippen molar-refractivity contribution in [2.45, 2.75) is 46.8 Å². The lowest BCUT2D eigenvalue weighted by molar-refractivity contribution is -0.571. The van der Waals surface area contributed by atoms with Gasteiger partial charge in [-0.15, -0.1) is 0 Å². The maximum Gasteiger partial charge on any atom is 0.383 e. The molecule has 1 atom stereocenters. The summed E-state index contributed by atoms with van der Waals surface area (Å²) in [5.41, 5.74) is 0.0149. The monoisotopic (exact) mass is 242 g/mol. The molecule has 0 fully saturated rings. The molecule has 0 amide bonds. The van der Waals surface area contributed by atoms with Gasteiger partial charge in [-0.2, -0.15) is 5.10 Å². The van der Waals surface area contributed by atoms with Gasteiger partial charge in [0.2, 0.25) is 0 Å². The SMILES string of the molecule is CCCCN1N=CN(CC(C)(C)C)C1[N+](=O)[O-]. The van der Waals surface area contributed by atoms with E-state index < -0.39 is 6.29 Å². The molecule has 0 saturated carbocycles. The van der Waals surface area contributed by atoms with Gasteiger partial charge in [0.25, 0.3) is 0 Å². The molecule has 0 radical (unpaired) electrons. The number of nitrogens with zero attached hydrogens (tertiary/aromatic N) is 4. The van der Waals surface area contributed by atoms with Gasteiger partial charge in [0.1, 0.15) is 6.34 Å². The maximum absolute atomic E-state index is 11.1. The fraction of sp³-hybridized carbons (Fsp3) is 0.909. The summed E-state index contributed by atoms with van der Waals surface area (Å²) in [4.78, 5) is 12.5. The topological polar surface area (TPSA) is 62.0 Å². The van der Waals surface area contributed by atoms with Crippen LogP contribution in [0.1, 0.15) is 40.5 Å². The van der Waals surface area contributed by atoms with Crippen molar-refractivity contribution in [2.24, 2.45) is 10.5 Å². The van der Waals surface area contributed by atoms with Crippen molar-refractivity contribution >= 4 is 6.34 Å². The summed E-state index contributed by atoms with van der Waals surface area (Å²) in [6.07, 6.45) is 2.69. The molecule has 0 spiro atoms. The van der Waals surface area contributed by atoms with Crippen LogP contribution in [0.4, 0.5) is 0 Å². The Bertz CT molecular complexity index is 298. The zero-order chi connectivity index (χ0) is 13.1. The van der Waals surface area contributed by atoms with Crippen molar-refractivity contribution in [1.29, 1.82) is 0 Å². The number of nitro groups is 1. The Hall–Kier alpha value is -1.33. The first-order valence-corrected chi connectivity index (χ1v) is 6.05. The van der Waals surface area contributed by atoms with Crippen LogP contribution in [0.15, 0.2) is 5.10 Å². The van der Waals surface area contributed by atoms with Crippen LogP contribution < -0.4 is 0 Å². The van der Waals surface area contributed by atoms with E-state index in [1.54, 1.807) is 16.2 Å². The molecule has 0 N–H and O–H groups in total. The Kier molecular flexibility index (Phi) is 4.31. The molecule has 1 rings (SSSR count). The van der Waals surface area contributed by atoms with Gasteiger partial charge in [-0.25, -0.2) is 5.01 Å². The Balaban J connectivity index is 2.68. The molecule has 6 nitrogen and oxygen atoms in total. The standard InChI is InChI=1S/C11H22N4O2/c1-5-6-7-14-10(15(16)17)13(9-12-14)8-11(2,3)4/h9-10H,5-8H2,1-4H3. The zero-order valence-electron chi connectivity index (χ0n) is 11.1. The Labute approximate surface area is 102 Å². The van der Waals surface area contributed by atoms with Gasteiger partial charge < -0.3 is 0 Å². The lowest BCUT2D eigenvalue weighted by Crippen LogP contribution is -2.48. The molecule has 1 heterocycles. The summed E-state index contributed by atoms with van der Waals surface area (Å²) in [5, 5.41) is 16.8. The van der Waals surface area contributed by atoms with E-state index in [0.717, 1.165) is 12.8 Å². The van der Waals surface area contributed by atoms with Crippen LogP contribution >= 0.6 is 0 Å². The minimum Gasteiger partial charge on any atom is -0.278 e. The first-order chi connectivity index (χ1) is 7.85. The van der Waals surface area contributed by atoms with E-state index in [1.807, 2.05) is 0 Å². The van der Waals surface area contributed by atoms with Gasteiger partial charge in [-0.1, -0.05) is 34.1 Å². The Morgan fingerprint density at radius 2 is 2.12 bits per heavy atom. The number of hydrogen-bond donors (Lipinski definition) is 0. The summed E-state index contributed by atoms with van der Waals surface area (Å²) < 4.78 is 0. The third-order valence-corrected chi connectivity index (χ3v) is 2.50. The highest BCUT2D eigenvalue weighted by molar-refractivity contribution is 5.56. The second-order valence-corrected chi connectivity index (χ2v) is 5.61. The van der Waals surface area contributed by atoms with Crippen LogP contribution in [-0.2, 0) is 0 Å². The van der Waals surface area contributed by atoms with Gasteiger partial charge in [-0.05, 0) is 11.8 Å². The highest BCUT2D eigenvalue weighted by atomic mass is 16.6. The minimum absolute atomic E-state index is 0.0149. The van der Waals surface area contributed by atoms with E-state index in [1.165, 1.54) is 0 Å². The van der Waals surface area contributed by atoms with Gasteiger partial charge in [-0.3, -0.25) is 15.0 Å². The molecule has 0 saturated heterocycles. The molecule has 17 heavy (non-hydrogen) atoms. The van der Waals surface area contributed by atoms with Crippen molar-refractivity contribution in [3.8, 4) is 0 Å². The van der Waals surface area contributed by atoms with Crippen LogP contribution in [0, 0.1) is 15.5 Å². The fourth-order valence-electron chi connectivity index (χ4n) is 1.82. The van der Waals surface area contributed by atoms with Crippen LogP contribution in [0.5, 0.6) is 0 Å². The van der Waals surface area contributed by atoms with Crippen LogP contribution in [0.3, 0.4) is 0 Å². The van der Waals surface area contributed by atoms with Gasteiger partial charge in [0.05, 0.1) is 4.92 Å². The largest absolute Gasteiger partial charge is 0.383 e. The molecular weight excluding hydrogens is 220 g/mol. The molecule has 1 unspecified atom stereocenters. The van der Waals surface area contributed by atoms with Crippen LogP contribution in [-0.4, -0.2) is 40.5 Å². The summed E-state index contributed by atoms with van der Waals surface area (Å²) in [7, 11) is 0. The number of hydrazone groups is 1. The Morgan fingerprint density at radius 1 is 1.47 bits per heavy atom. The first kappa shape index (κ1) is 13.7. The molecule has 0 aromatic heterocycles. The van der Waals surface area contributed by atoms with E-state index in [2.05, 4.69) is 32.8 Å². The third-order valence-electron chi connectivity index (χ3n) is 2.50. The average molecular weight is 242 g/mol. The van der Waals surface area contributed by atoms with E-state index in [0.29, 0.717) is 13.1 Å². The van der Waals surface area contributed by atoms with Gasteiger partial charge in [0.15, 0.2) is 0 Å². The second kappa shape index (κ2) is 5.33. The fourth-order valence-corrected chi connectivity index (χ4v) is 1.82. The zero-order valence-corrected chi connectivity index (χ0v) is 11.1. The second-order valence-electron chi connectivity index (χ2n) is 5.61. The molecule has 6 heteroatoms. The highest BCUT2D eigenvalue weighted by Crippen LogP contribution is 2.21. The maximum atomic E-state index is 11.1. The molecule has 0 bridgehead atoms. The van der Waals surface area contributed by atoms with Crippen molar-refractivity contribution in [2.75, 3.05) is 13.1 Å². The minimum atomic E-state index is -0.833. The van der Waals surface area contributed by atoms with Gasteiger partial charge >= 0.3 is 6.29 Å². The smallest absolute Gasteiger partial charge is 0.278 e. The molecule has 0 aromatic carbocycles. The lowest BCUT2D eigenvalue weighted by Gasteiger charge is -2.28. The quantitative estimate of drug-likeness (QED) is 0.546. The molecular formula is C11H22N4O2. The van der Waals surface area contributed by atoms with E-state index >= 15 is 0 Å². The summed E-state index contributed by atoms with van der Waals surface area (Å²) >= 11 is 0. The molecule has 1 aliphatic rings. The molecule has 0 aromatic rings. The van der Waals surface area contributed by atoms with Crippen molar-refractivity contribution in [1.82, 2.24) is 9.91 Å². The predicted octanol–water partition coefficient (Wildman–Crippen LogP) is 1.95. The lowest BCUT2D eigenvalue weighted by atomic mass is 9.96. The number of hydrogen-bond acceptors (Lipinski definition) is 5. The van der Waals surface area contributed by atoms with E-state index in [4.69, 9.17) is 0 Å². The van der Waals surface area contributed by atoms with Crippen LogP contribution in [0.25, 0.3) is 0 Å². The van der Waals surface area contributed by atoms with Crippen molar-refractivity contribution in [3.05, 3.63) is 10.1 Å². The van der Waals surface area contributed by atoms with E-state index in [9.17, 15) is 10.1 Å². The highest BCUT2D eigenvalue weighted by Gasteiger charge is 2.38. The van der Waals surface area contributed by atoms with Crippen LogP contribution in [0.2, 0.25) is 0 Å². The first-order valence-electron chi connectivity index (χ1n) is 6.05. The summed E-state index contributed by atoms with van der Waals surface area (Å²) in [6, 6.07) is 0. The summed E-state index contributed by atoms with van der Waals surface area (Å²) in [6.45, 7) is 9.52. The summed E-state index contributed by atoms with van der Waals surface area (Å²) in [5.74, 6) is 0. The van der Waals surface area contributed by atoms with E-state index in [-0.39, 0.29) is 10.3 Å². The van der Waals surface area contributed by atoms with Crippen molar-refractivity contribution < 1.29 is 4.92 Å².